The smallest absolute Gasteiger partial charge is 0.349 e. The highest BCUT2D eigenvalue weighted by molar-refractivity contribution is 5.94. The number of ether oxygens (including phenoxy) is 1. The molecule has 1 aromatic rings. The van der Waals surface area contributed by atoms with Gasteiger partial charge in [-0.2, -0.15) is 5.26 Å². The van der Waals surface area contributed by atoms with Gasteiger partial charge in [0.2, 0.25) is 0 Å². The lowest BCUT2D eigenvalue weighted by molar-refractivity contribution is -0.140. The average molecular weight is 430 g/mol. The van der Waals surface area contributed by atoms with E-state index in [1.165, 1.54) is 5.57 Å². The van der Waals surface area contributed by atoms with Crippen molar-refractivity contribution in [2.75, 3.05) is 0 Å². The van der Waals surface area contributed by atoms with Gasteiger partial charge in [0.25, 0.3) is 0 Å². The molecule has 0 spiro atoms. The number of hydrogen-bond donors (Lipinski definition) is 0. The first kappa shape index (κ1) is 21.2. The van der Waals surface area contributed by atoms with Crippen LogP contribution in [0.5, 0.6) is 0 Å². The monoisotopic (exact) mass is 429 g/mol. The van der Waals surface area contributed by atoms with Crippen molar-refractivity contribution in [1.29, 1.82) is 5.26 Å². The molecule has 166 valence electrons. The van der Waals surface area contributed by atoms with Gasteiger partial charge in [0, 0.05) is 6.42 Å². The van der Waals surface area contributed by atoms with Gasteiger partial charge in [0.05, 0.1) is 0 Å². The summed E-state index contributed by atoms with van der Waals surface area (Å²) in [6.07, 6.45) is 9.81. The first-order valence-corrected chi connectivity index (χ1v) is 12.1. The maximum atomic E-state index is 12.9. The largest absolute Gasteiger partial charge is 0.457 e. The summed E-state index contributed by atoms with van der Waals surface area (Å²) in [7, 11) is 0. The van der Waals surface area contributed by atoms with Crippen LogP contribution in [0.1, 0.15) is 63.9 Å². The van der Waals surface area contributed by atoms with Gasteiger partial charge in [-0.15, -0.1) is 0 Å². The second-order valence-corrected chi connectivity index (χ2v) is 10.3. The van der Waals surface area contributed by atoms with Crippen LogP contribution in [0, 0.1) is 40.4 Å². The van der Waals surface area contributed by atoms with Crippen LogP contribution in [-0.4, -0.2) is 11.8 Å². The zero-order valence-corrected chi connectivity index (χ0v) is 18.8. The Morgan fingerprint density at radius 1 is 1.09 bits per heavy atom. The molecule has 0 radical (unpaired) electrons. The van der Waals surface area contributed by atoms with Crippen molar-refractivity contribution in [3.8, 4) is 6.07 Å². The predicted octanol–water partition coefficient (Wildman–Crippen LogP) is 5.69. The van der Waals surface area contributed by atoms with E-state index < -0.39 is 5.97 Å². The number of rotatable bonds is 3. The lowest BCUT2D eigenvalue weighted by Crippen LogP contribution is -2.45. The van der Waals surface area contributed by atoms with Crippen LogP contribution in [0.15, 0.2) is 53.1 Å². The normalized spacial score (nSPS) is 35.0. The number of fused-ring (bicyclic) bond motifs is 5. The highest BCUT2D eigenvalue weighted by Gasteiger charge is 2.55. The zero-order valence-electron chi connectivity index (χ0n) is 18.8. The summed E-state index contributed by atoms with van der Waals surface area (Å²) in [6, 6.07) is 11.8. The number of carbonyl (C=O) groups excluding carboxylic acids is 2. The van der Waals surface area contributed by atoms with Crippen molar-refractivity contribution in [3.63, 3.8) is 0 Å². The fourth-order valence-electron chi connectivity index (χ4n) is 7.44. The highest BCUT2D eigenvalue weighted by Crippen LogP contribution is 2.64. The van der Waals surface area contributed by atoms with Crippen LogP contribution in [0.2, 0.25) is 0 Å². The Kier molecular flexibility index (Phi) is 5.53. The Bertz CT molecular complexity index is 1030. The van der Waals surface area contributed by atoms with Gasteiger partial charge >= 0.3 is 5.97 Å². The highest BCUT2D eigenvalue weighted by atomic mass is 16.5. The lowest BCUT2D eigenvalue weighted by atomic mass is 9.52. The van der Waals surface area contributed by atoms with Crippen molar-refractivity contribution >= 4 is 11.8 Å². The molecule has 0 aromatic heterocycles. The second kappa shape index (κ2) is 8.35. The average Bonchev–Trinajstić information content (AvgIpc) is 3.15. The van der Waals surface area contributed by atoms with E-state index in [0.29, 0.717) is 35.9 Å². The molecule has 0 amide bonds. The molecular formula is C28H31NO3. The van der Waals surface area contributed by atoms with E-state index in [9.17, 15) is 14.9 Å². The van der Waals surface area contributed by atoms with Gasteiger partial charge < -0.3 is 4.74 Å². The molecule has 0 N–H and O–H groups in total. The Morgan fingerprint density at radius 3 is 2.69 bits per heavy atom. The molecule has 3 saturated carbocycles. The summed E-state index contributed by atoms with van der Waals surface area (Å²) >= 11 is 0. The summed E-state index contributed by atoms with van der Waals surface area (Å²) in [5.41, 5.74) is 3.49. The fraction of sp³-hybridized carbons (Fsp3) is 0.536. The SMILES string of the molecule is C[C@]12CC[C@H]3[C@@H](CCC4=CC(=O)CC[C@@H]43)[C@@H]1CCC2=C(C#N)C(=O)OCc1ccccc1. The first-order valence-electron chi connectivity index (χ1n) is 12.1. The quantitative estimate of drug-likeness (QED) is 0.352. The molecule has 32 heavy (non-hydrogen) atoms. The number of nitrogens with zero attached hydrogens (tertiary/aromatic N) is 1. The fourth-order valence-corrected chi connectivity index (χ4v) is 7.44. The molecule has 0 bridgehead atoms. The molecule has 3 fully saturated rings. The Morgan fingerprint density at radius 2 is 1.91 bits per heavy atom. The lowest BCUT2D eigenvalue weighted by Gasteiger charge is -2.53. The topological polar surface area (TPSA) is 67.2 Å². The standard InChI is InChI=1S/C28H31NO3/c1-28-14-13-22-21-10-8-20(30)15-19(21)7-9-23(22)25(28)11-12-26(28)24(16-29)27(31)32-17-18-5-3-2-4-6-18/h2-6,15,21-23,25H,7-14,17H2,1H3/t21-,22+,23+,25-,28-/m0/s1. The van der Waals surface area contributed by atoms with Crippen LogP contribution in [0.3, 0.4) is 0 Å². The van der Waals surface area contributed by atoms with Gasteiger partial charge in [0.1, 0.15) is 18.2 Å². The van der Waals surface area contributed by atoms with Crippen LogP contribution in [0.25, 0.3) is 0 Å². The van der Waals surface area contributed by atoms with Crippen molar-refractivity contribution in [1.82, 2.24) is 0 Å². The van der Waals surface area contributed by atoms with E-state index in [-0.39, 0.29) is 17.6 Å². The Labute approximate surface area is 190 Å². The van der Waals surface area contributed by atoms with Gasteiger partial charge in [-0.25, -0.2) is 4.79 Å². The minimum Gasteiger partial charge on any atom is -0.457 e. The van der Waals surface area contributed by atoms with Gasteiger partial charge in [-0.3, -0.25) is 4.79 Å². The number of benzene rings is 1. The molecule has 4 heteroatoms. The summed E-state index contributed by atoms with van der Waals surface area (Å²) in [5, 5.41) is 9.92. The van der Waals surface area contributed by atoms with E-state index in [2.05, 4.69) is 13.0 Å². The summed E-state index contributed by atoms with van der Waals surface area (Å²) in [5.74, 6) is 2.18. The molecule has 4 aliphatic rings. The molecule has 5 atom stereocenters. The maximum Gasteiger partial charge on any atom is 0.349 e. The number of hydrogen-bond acceptors (Lipinski definition) is 4. The third-order valence-electron chi connectivity index (χ3n) is 8.91. The van der Waals surface area contributed by atoms with E-state index >= 15 is 0 Å². The van der Waals surface area contributed by atoms with Crippen molar-refractivity contribution < 1.29 is 14.3 Å². The molecule has 5 rings (SSSR count). The Hall–Kier alpha value is -2.67. The van der Waals surface area contributed by atoms with Crippen LogP contribution in [0.4, 0.5) is 0 Å². The zero-order chi connectivity index (χ0) is 22.3. The van der Waals surface area contributed by atoms with E-state index in [1.807, 2.05) is 36.4 Å². The number of ketones is 1. The first-order chi connectivity index (χ1) is 15.5. The molecule has 0 saturated heterocycles. The van der Waals surface area contributed by atoms with E-state index in [0.717, 1.165) is 56.1 Å². The number of allylic oxidation sites excluding steroid dienone is 2. The summed E-state index contributed by atoms with van der Waals surface area (Å²) in [6.45, 7) is 2.48. The minimum atomic E-state index is -0.477. The van der Waals surface area contributed by atoms with E-state index in [4.69, 9.17) is 4.74 Å². The molecule has 0 unspecified atom stereocenters. The van der Waals surface area contributed by atoms with Crippen LogP contribution >= 0.6 is 0 Å². The summed E-state index contributed by atoms with van der Waals surface area (Å²) in [4.78, 5) is 24.8. The molecule has 4 nitrogen and oxygen atoms in total. The minimum absolute atomic E-state index is 0.0936. The molecule has 0 aliphatic heterocycles. The second-order valence-electron chi connectivity index (χ2n) is 10.3. The van der Waals surface area contributed by atoms with Gasteiger partial charge in [-0.05, 0) is 91.2 Å². The maximum absolute atomic E-state index is 12.9. The summed E-state index contributed by atoms with van der Waals surface area (Å²) < 4.78 is 5.55. The van der Waals surface area contributed by atoms with Crippen molar-refractivity contribution in [2.24, 2.45) is 29.1 Å². The number of nitriles is 1. The third-order valence-corrected chi connectivity index (χ3v) is 8.91. The van der Waals surface area contributed by atoms with Crippen molar-refractivity contribution in [3.05, 3.63) is 58.7 Å². The Balaban J connectivity index is 1.37. The molecule has 4 aliphatic carbocycles. The molecule has 1 aromatic carbocycles. The van der Waals surface area contributed by atoms with E-state index in [1.54, 1.807) is 0 Å². The third kappa shape index (κ3) is 3.52. The predicted molar refractivity (Wildman–Crippen MR) is 121 cm³/mol. The molecule has 0 heterocycles. The van der Waals surface area contributed by atoms with Gasteiger partial charge in [-0.1, -0.05) is 42.8 Å². The number of esters is 1. The van der Waals surface area contributed by atoms with Crippen LogP contribution < -0.4 is 0 Å². The molecular weight excluding hydrogens is 398 g/mol. The van der Waals surface area contributed by atoms with Crippen LogP contribution in [-0.2, 0) is 20.9 Å². The van der Waals surface area contributed by atoms with Gasteiger partial charge in [0.15, 0.2) is 5.78 Å². The number of carbonyl (C=O) groups is 2. The van der Waals surface area contributed by atoms with Crippen molar-refractivity contribution in [2.45, 2.75) is 64.9 Å².